The molecule has 2 aromatic carbocycles. The van der Waals surface area contributed by atoms with Gasteiger partial charge in [-0.3, -0.25) is 14.5 Å². The van der Waals surface area contributed by atoms with Crippen molar-refractivity contribution in [1.82, 2.24) is 0 Å². The molecule has 1 aromatic heterocycles. The number of halogens is 1. The van der Waals surface area contributed by atoms with E-state index in [1.54, 1.807) is 24.3 Å². The van der Waals surface area contributed by atoms with Crippen molar-refractivity contribution in [2.24, 2.45) is 0 Å². The topological polar surface area (TPSA) is 66.8 Å². The predicted octanol–water partition coefficient (Wildman–Crippen LogP) is 6.39. The fourth-order valence-electron chi connectivity index (χ4n) is 4.02. The van der Waals surface area contributed by atoms with Gasteiger partial charge < -0.3 is 9.84 Å². The zero-order chi connectivity index (χ0) is 24.2. The second-order valence-electron chi connectivity index (χ2n) is 8.19. The molecule has 1 saturated heterocycles. The third-order valence-corrected chi connectivity index (χ3v) is 6.91. The van der Waals surface area contributed by atoms with Gasteiger partial charge in [0.15, 0.2) is 0 Å². The molecular weight excluding hydrogens is 453 g/mol. The van der Waals surface area contributed by atoms with Gasteiger partial charge in [0.2, 0.25) is 0 Å². The van der Waals surface area contributed by atoms with E-state index in [1.807, 2.05) is 18.4 Å². The molecule has 1 fully saturated rings. The highest BCUT2D eigenvalue weighted by atomic mass is 32.1. The number of hydrogen-bond donors (Lipinski definition) is 1. The summed E-state index contributed by atoms with van der Waals surface area (Å²) in [7, 11) is 0. The zero-order valence-electron chi connectivity index (χ0n) is 19.1. The Morgan fingerprint density at radius 1 is 1.06 bits per heavy atom. The van der Waals surface area contributed by atoms with Crippen LogP contribution in [-0.4, -0.2) is 23.4 Å². The van der Waals surface area contributed by atoms with Crippen LogP contribution in [0, 0.1) is 12.7 Å². The number of hydrogen-bond acceptors (Lipinski definition) is 5. The van der Waals surface area contributed by atoms with Gasteiger partial charge in [-0.2, -0.15) is 0 Å². The van der Waals surface area contributed by atoms with E-state index in [1.165, 1.54) is 40.5 Å². The molecule has 1 N–H and O–H groups in total. The standard InChI is InChI=1S/C27H26FNO4S/c1-3-4-5-15-33-21-12-6-18(7-13-21)24(30)22-23(26-17(2)14-16-34-26)29(27(32)25(22)31)20-10-8-19(28)9-11-20/h6-14,16,23,30H,3-5,15H2,1-2H3/b24-22-. The number of benzene rings is 2. The number of rotatable bonds is 8. The highest BCUT2D eigenvalue weighted by Gasteiger charge is 2.47. The fourth-order valence-corrected chi connectivity index (χ4v) is 5.04. The van der Waals surface area contributed by atoms with Crippen LogP contribution in [0.2, 0.25) is 0 Å². The van der Waals surface area contributed by atoms with Gasteiger partial charge in [-0.1, -0.05) is 19.8 Å². The summed E-state index contributed by atoms with van der Waals surface area (Å²) in [5, 5.41) is 13.1. The number of amides is 1. The van der Waals surface area contributed by atoms with Gasteiger partial charge in [-0.05, 0) is 78.9 Å². The lowest BCUT2D eigenvalue weighted by molar-refractivity contribution is -0.132. The van der Waals surface area contributed by atoms with Gasteiger partial charge in [0, 0.05) is 16.1 Å². The minimum atomic E-state index is -0.810. The molecule has 1 aliphatic heterocycles. The van der Waals surface area contributed by atoms with E-state index in [0.29, 0.717) is 23.6 Å². The number of ketones is 1. The number of aliphatic hydroxyl groups excluding tert-OH is 1. The molecular formula is C27H26FNO4S. The summed E-state index contributed by atoms with van der Waals surface area (Å²) < 4.78 is 19.3. The van der Waals surface area contributed by atoms with Crippen LogP contribution < -0.4 is 9.64 Å². The number of unbranched alkanes of at least 4 members (excludes halogenated alkanes) is 2. The molecule has 34 heavy (non-hydrogen) atoms. The number of nitrogens with zero attached hydrogens (tertiary/aromatic N) is 1. The predicted molar refractivity (Wildman–Crippen MR) is 132 cm³/mol. The van der Waals surface area contributed by atoms with Gasteiger partial charge in [-0.15, -0.1) is 11.3 Å². The number of anilines is 1. The number of aliphatic hydroxyl groups is 1. The van der Waals surface area contributed by atoms with Crippen molar-refractivity contribution in [2.45, 2.75) is 39.2 Å². The number of aryl methyl sites for hydroxylation is 1. The lowest BCUT2D eigenvalue weighted by atomic mass is 9.98. The Hall–Kier alpha value is -3.45. The number of Topliss-reactive ketones (excluding diaryl/α,β-unsaturated/α-hetero) is 1. The van der Waals surface area contributed by atoms with E-state index in [9.17, 15) is 19.1 Å². The Bertz CT molecular complexity index is 1210. The molecule has 176 valence electrons. The third-order valence-electron chi connectivity index (χ3n) is 5.84. The van der Waals surface area contributed by atoms with Gasteiger partial charge in [0.1, 0.15) is 23.4 Å². The molecule has 1 aliphatic rings. The lowest BCUT2D eigenvalue weighted by Gasteiger charge is -2.25. The average Bonchev–Trinajstić information content (AvgIpc) is 3.37. The van der Waals surface area contributed by atoms with Crippen molar-refractivity contribution >= 4 is 34.5 Å². The minimum absolute atomic E-state index is 0.0106. The summed E-state index contributed by atoms with van der Waals surface area (Å²) >= 11 is 1.40. The van der Waals surface area contributed by atoms with Crippen molar-refractivity contribution in [2.75, 3.05) is 11.5 Å². The SMILES string of the molecule is CCCCCOc1ccc(/C(O)=C2/C(=O)C(=O)N(c3ccc(F)cc3)C2c2sccc2C)cc1. The van der Waals surface area contributed by atoms with Gasteiger partial charge in [-0.25, -0.2) is 4.39 Å². The van der Waals surface area contributed by atoms with E-state index < -0.39 is 23.5 Å². The second kappa shape index (κ2) is 10.2. The molecule has 0 bridgehead atoms. The van der Waals surface area contributed by atoms with Crippen LogP contribution in [0.3, 0.4) is 0 Å². The number of carbonyl (C=O) groups is 2. The smallest absolute Gasteiger partial charge is 0.300 e. The van der Waals surface area contributed by atoms with Gasteiger partial charge >= 0.3 is 0 Å². The van der Waals surface area contributed by atoms with Crippen molar-refractivity contribution < 1.29 is 23.8 Å². The average molecular weight is 480 g/mol. The molecule has 0 radical (unpaired) electrons. The third kappa shape index (κ3) is 4.61. The maximum atomic E-state index is 13.5. The molecule has 7 heteroatoms. The van der Waals surface area contributed by atoms with E-state index in [4.69, 9.17) is 4.74 Å². The Morgan fingerprint density at radius 3 is 2.38 bits per heavy atom. The lowest BCUT2D eigenvalue weighted by Crippen LogP contribution is -2.29. The molecule has 0 aliphatic carbocycles. The van der Waals surface area contributed by atoms with Crippen molar-refractivity contribution in [3.8, 4) is 5.75 Å². The Balaban J connectivity index is 1.74. The van der Waals surface area contributed by atoms with Crippen molar-refractivity contribution in [3.05, 3.63) is 87.4 Å². The molecule has 4 rings (SSSR count). The summed E-state index contributed by atoms with van der Waals surface area (Å²) in [5.74, 6) is -1.56. The summed E-state index contributed by atoms with van der Waals surface area (Å²) in [4.78, 5) is 28.4. The molecule has 5 nitrogen and oxygen atoms in total. The highest BCUT2D eigenvalue weighted by molar-refractivity contribution is 7.10. The fraction of sp³-hybridized carbons (Fsp3) is 0.259. The summed E-state index contributed by atoms with van der Waals surface area (Å²) in [6, 6.07) is 13.3. The second-order valence-corrected chi connectivity index (χ2v) is 9.14. The normalized spacial score (nSPS) is 17.4. The Kier molecular flexibility index (Phi) is 7.12. The first-order valence-corrected chi connectivity index (χ1v) is 12.1. The summed E-state index contributed by atoms with van der Waals surface area (Å²) in [6.07, 6.45) is 3.16. The summed E-state index contributed by atoms with van der Waals surface area (Å²) in [6.45, 7) is 4.63. The van der Waals surface area contributed by atoms with Crippen LogP contribution in [0.4, 0.5) is 10.1 Å². The number of carbonyl (C=O) groups excluding carboxylic acids is 2. The maximum Gasteiger partial charge on any atom is 0.300 e. The van der Waals surface area contributed by atoms with E-state index in [0.717, 1.165) is 29.7 Å². The number of ether oxygens (including phenoxy) is 1. The van der Waals surface area contributed by atoms with Crippen LogP contribution in [-0.2, 0) is 9.59 Å². The highest BCUT2D eigenvalue weighted by Crippen LogP contribution is 2.44. The molecule has 1 unspecified atom stereocenters. The maximum absolute atomic E-state index is 13.5. The van der Waals surface area contributed by atoms with E-state index in [-0.39, 0.29) is 11.3 Å². The number of thiophene rings is 1. The molecule has 0 saturated carbocycles. The monoisotopic (exact) mass is 479 g/mol. The zero-order valence-corrected chi connectivity index (χ0v) is 19.9. The van der Waals surface area contributed by atoms with Crippen molar-refractivity contribution in [1.29, 1.82) is 0 Å². The quantitative estimate of drug-likeness (QED) is 0.176. The van der Waals surface area contributed by atoms with E-state index in [2.05, 4.69) is 6.92 Å². The Labute approximate surface area is 202 Å². The van der Waals surface area contributed by atoms with Gasteiger partial charge in [0.25, 0.3) is 11.7 Å². The first kappa shape index (κ1) is 23.7. The van der Waals surface area contributed by atoms with Crippen LogP contribution in [0.1, 0.15) is 48.2 Å². The molecule has 2 heterocycles. The molecule has 0 spiro atoms. The Morgan fingerprint density at radius 2 is 1.76 bits per heavy atom. The van der Waals surface area contributed by atoms with Gasteiger partial charge in [0.05, 0.1) is 12.2 Å². The van der Waals surface area contributed by atoms with Crippen LogP contribution >= 0.6 is 11.3 Å². The molecule has 1 atom stereocenters. The van der Waals surface area contributed by atoms with Crippen LogP contribution in [0.15, 0.2) is 65.6 Å². The minimum Gasteiger partial charge on any atom is -0.507 e. The van der Waals surface area contributed by atoms with Crippen LogP contribution in [0.5, 0.6) is 5.75 Å². The molecule has 1 amide bonds. The van der Waals surface area contributed by atoms with Crippen LogP contribution in [0.25, 0.3) is 5.76 Å². The molecule has 3 aromatic rings. The first-order valence-electron chi connectivity index (χ1n) is 11.3. The van der Waals surface area contributed by atoms with Crippen molar-refractivity contribution in [3.63, 3.8) is 0 Å². The largest absolute Gasteiger partial charge is 0.507 e. The first-order chi connectivity index (χ1) is 16.4. The summed E-state index contributed by atoms with van der Waals surface area (Å²) in [5.41, 5.74) is 1.70. The van der Waals surface area contributed by atoms with E-state index >= 15 is 0 Å².